The summed E-state index contributed by atoms with van der Waals surface area (Å²) in [6.45, 7) is 8.39. The molecule has 0 aliphatic carbocycles. The van der Waals surface area contributed by atoms with Crippen molar-refractivity contribution in [1.82, 2.24) is 9.80 Å². The molecule has 1 atom stereocenters. The summed E-state index contributed by atoms with van der Waals surface area (Å²) < 4.78 is 0. The molecule has 0 bridgehead atoms. The van der Waals surface area contributed by atoms with Crippen LogP contribution < -0.4 is 0 Å². The second-order valence-corrected chi connectivity index (χ2v) is 4.21. The lowest BCUT2D eigenvalue weighted by atomic mass is 10.2. The predicted octanol–water partition coefficient (Wildman–Crippen LogP) is 2.16. The van der Waals surface area contributed by atoms with Crippen LogP contribution in [0, 0.1) is 0 Å². The average Bonchev–Trinajstić information content (AvgIpc) is 2.43. The van der Waals surface area contributed by atoms with Crippen molar-refractivity contribution in [2.75, 3.05) is 26.7 Å². The molecule has 1 saturated heterocycles. The molecule has 0 aromatic rings. The molecule has 0 spiro atoms. The standard InChI is InChI=1S/C11H24N2/c1-4-5-6-7-8-13-10-9-12(3)11(13)2/h11H,4-10H2,1-3H3. The Balaban J connectivity index is 2.08. The summed E-state index contributed by atoms with van der Waals surface area (Å²) in [6.07, 6.45) is 6.20. The highest BCUT2D eigenvalue weighted by atomic mass is 15.4. The van der Waals surface area contributed by atoms with Crippen molar-refractivity contribution in [3.05, 3.63) is 0 Å². The zero-order valence-corrected chi connectivity index (χ0v) is 9.42. The molecule has 0 aromatic carbocycles. The van der Waals surface area contributed by atoms with Crippen molar-refractivity contribution in [1.29, 1.82) is 0 Å². The SMILES string of the molecule is CCCCCCN1CCN(C)C1C. The second kappa shape index (κ2) is 5.61. The minimum absolute atomic E-state index is 0.668. The van der Waals surface area contributed by atoms with Crippen LogP contribution in [0.1, 0.15) is 39.5 Å². The van der Waals surface area contributed by atoms with Gasteiger partial charge in [-0.15, -0.1) is 0 Å². The first kappa shape index (κ1) is 11.0. The van der Waals surface area contributed by atoms with Gasteiger partial charge in [0.15, 0.2) is 0 Å². The highest BCUT2D eigenvalue weighted by molar-refractivity contribution is 4.75. The molecule has 78 valence electrons. The number of nitrogens with zero attached hydrogens (tertiary/aromatic N) is 2. The van der Waals surface area contributed by atoms with Crippen molar-refractivity contribution >= 4 is 0 Å². The second-order valence-electron chi connectivity index (χ2n) is 4.21. The first-order valence-electron chi connectivity index (χ1n) is 5.70. The van der Waals surface area contributed by atoms with Gasteiger partial charge in [-0.3, -0.25) is 9.80 Å². The third-order valence-corrected chi connectivity index (χ3v) is 3.21. The number of likely N-dealkylation sites (N-methyl/N-ethyl adjacent to an activating group) is 1. The molecule has 1 unspecified atom stereocenters. The van der Waals surface area contributed by atoms with Crippen LogP contribution in [0.5, 0.6) is 0 Å². The van der Waals surface area contributed by atoms with E-state index in [4.69, 9.17) is 0 Å². The molecule has 0 radical (unpaired) electrons. The van der Waals surface area contributed by atoms with Gasteiger partial charge < -0.3 is 0 Å². The van der Waals surface area contributed by atoms with Crippen LogP contribution in [0.25, 0.3) is 0 Å². The van der Waals surface area contributed by atoms with Gasteiger partial charge in [0, 0.05) is 13.1 Å². The van der Waals surface area contributed by atoms with Gasteiger partial charge in [-0.2, -0.15) is 0 Å². The van der Waals surface area contributed by atoms with Gasteiger partial charge in [-0.1, -0.05) is 26.2 Å². The Kier molecular flexibility index (Phi) is 4.74. The van der Waals surface area contributed by atoms with Gasteiger partial charge in [-0.25, -0.2) is 0 Å². The zero-order chi connectivity index (χ0) is 9.68. The zero-order valence-electron chi connectivity index (χ0n) is 9.42. The molecule has 0 amide bonds. The normalized spacial score (nSPS) is 25.6. The summed E-state index contributed by atoms with van der Waals surface area (Å²) in [7, 11) is 2.22. The van der Waals surface area contributed by atoms with Crippen molar-refractivity contribution in [2.45, 2.75) is 45.7 Å². The highest BCUT2D eigenvalue weighted by Gasteiger charge is 2.23. The summed E-state index contributed by atoms with van der Waals surface area (Å²) in [5.41, 5.74) is 0. The Morgan fingerprint density at radius 1 is 1.15 bits per heavy atom. The summed E-state index contributed by atoms with van der Waals surface area (Å²) in [5, 5.41) is 0. The van der Waals surface area contributed by atoms with Gasteiger partial charge in [0.1, 0.15) is 0 Å². The molecule has 1 fully saturated rings. The molecule has 0 saturated carbocycles. The first-order chi connectivity index (χ1) is 6.25. The summed E-state index contributed by atoms with van der Waals surface area (Å²) >= 11 is 0. The number of unbranched alkanes of at least 4 members (excludes halogenated alkanes) is 3. The third-order valence-electron chi connectivity index (χ3n) is 3.21. The maximum absolute atomic E-state index is 2.59. The molecule has 2 heteroatoms. The van der Waals surface area contributed by atoms with Gasteiger partial charge in [0.25, 0.3) is 0 Å². The molecular weight excluding hydrogens is 160 g/mol. The lowest BCUT2D eigenvalue weighted by molar-refractivity contribution is 0.174. The van der Waals surface area contributed by atoms with Crippen LogP contribution in [0.15, 0.2) is 0 Å². The van der Waals surface area contributed by atoms with Gasteiger partial charge in [-0.05, 0) is 26.9 Å². The Morgan fingerprint density at radius 3 is 2.46 bits per heavy atom. The van der Waals surface area contributed by atoms with E-state index in [1.54, 1.807) is 0 Å². The van der Waals surface area contributed by atoms with Crippen molar-refractivity contribution in [3.63, 3.8) is 0 Å². The van der Waals surface area contributed by atoms with Crippen molar-refractivity contribution < 1.29 is 0 Å². The van der Waals surface area contributed by atoms with Gasteiger partial charge >= 0.3 is 0 Å². The fourth-order valence-corrected chi connectivity index (χ4v) is 1.98. The molecule has 2 nitrogen and oxygen atoms in total. The molecule has 1 heterocycles. The van der Waals surface area contributed by atoms with Crippen LogP contribution in [-0.2, 0) is 0 Å². The fourth-order valence-electron chi connectivity index (χ4n) is 1.98. The van der Waals surface area contributed by atoms with E-state index in [2.05, 4.69) is 30.7 Å². The Morgan fingerprint density at radius 2 is 1.92 bits per heavy atom. The lowest BCUT2D eigenvalue weighted by Gasteiger charge is -2.23. The summed E-state index contributed by atoms with van der Waals surface area (Å²) in [4.78, 5) is 5.02. The van der Waals surface area contributed by atoms with Crippen LogP contribution in [-0.4, -0.2) is 42.6 Å². The van der Waals surface area contributed by atoms with E-state index in [-0.39, 0.29) is 0 Å². The molecule has 0 aromatic heterocycles. The van der Waals surface area contributed by atoms with E-state index in [0.717, 1.165) is 0 Å². The Labute approximate surface area is 82.9 Å². The number of rotatable bonds is 5. The van der Waals surface area contributed by atoms with Crippen LogP contribution >= 0.6 is 0 Å². The summed E-state index contributed by atoms with van der Waals surface area (Å²) in [6, 6.07) is 0. The van der Waals surface area contributed by atoms with Crippen LogP contribution in [0.4, 0.5) is 0 Å². The lowest BCUT2D eigenvalue weighted by Crippen LogP contribution is -2.34. The van der Waals surface area contributed by atoms with E-state index in [1.165, 1.54) is 45.3 Å². The fraction of sp³-hybridized carbons (Fsp3) is 1.00. The van der Waals surface area contributed by atoms with Gasteiger partial charge in [0.2, 0.25) is 0 Å². The minimum atomic E-state index is 0.668. The van der Waals surface area contributed by atoms with Crippen LogP contribution in [0.3, 0.4) is 0 Å². The molecule has 0 N–H and O–H groups in total. The number of hydrogen-bond donors (Lipinski definition) is 0. The topological polar surface area (TPSA) is 6.48 Å². The van der Waals surface area contributed by atoms with Gasteiger partial charge in [0.05, 0.1) is 6.17 Å². The smallest absolute Gasteiger partial charge is 0.0591 e. The highest BCUT2D eigenvalue weighted by Crippen LogP contribution is 2.12. The van der Waals surface area contributed by atoms with E-state index in [9.17, 15) is 0 Å². The molecule has 1 rings (SSSR count). The van der Waals surface area contributed by atoms with Crippen LogP contribution in [0.2, 0.25) is 0 Å². The Hall–Kier alpha value is -0.0800. The molecular formula is C11H24N2. The maximum atomic E-state index is 2.59. The minimum Gasteiger partial charge on any atom is -0.290 e. The number of hydrogen-bond acceptors (Lipinski definition) is 2. The molecule has 1 aliphatic heterocycles. The molecule has 13 heavy (non-hydrogen) atoms. The quantitative estimate of drug-likeness (QED) is 0.604. The van der Waals surface area contributed by atoms with E-state index >= 15 is 0 Å². The van der Waals surface area contributed by atoms with E-state index in [0.29, 0.717) is 6.17 Å². The predicted molar refractivity (Wildman–Crippen MR) is 57.8 cm³/mol. The van der Waals surface area contributed by atoms with E-state index in [1.807, 2.05) is 0 Å². The monoisotopic (exact) mass is 184 g/mol. The molecule has 1 aliphatic rings. The van der Waals surface area contributed by atoms with Crippen molar-refractivity contribution in [2.24, 2.45) is 0 Å². The average molecular weight is 184 g/mol. The first-order valence-corrected chi connectivity index (χ1v) is 5.70. The maximum Gasteiger partial charge on any atom is 0.0591 e. The largest absolute Gasteiger partial charge is 0.290 e. The Bertz CT molecular complexity index is 136. The van der Waals surface area contributed by atoms with E-state index < -0.39 is 0 Å². The van der Waals surface area contributed by atoms with Crippen molar-refractivity contribution in [3.8, 4) is 0 Å². The summed E-state index contributed by atoms with van der Waals surface area (Å²) in [5.74, 6) is 0. The third kappa shape index (κ3) is 3.28.